The van der Waals surface area contributed by atoms with Crippen molar-refractivity contribution in [2.75, 3.05) is 43.0 Å². The molecule has 39 heavy (non-hydrogen) atoms. The summed E-state index contributed by atoms with van der Waals surface area (Å²) >= 11 is 0. The molecule has 0 aliphatic carbocycles. The first-order chi connectivity index (χ1) is 18.6. The monoisotopic (exact) mass is 554 g/mol. The number of nitrogens with zero attached hydrogens (tertiary/aromatic N) is 3. The van der Waals surface area contributed by atoms with Gasteiger partial charge in [0.1, 0.15) is 11.5 Å². The highest BCUT2D eigenvalue weighted by molar-refractivity contribution is 7.89. The zero-order chi connectivity index (χ0) is 28.0. The number of aromatic nitrogens is 1. The number of hydrogen-bond acceptors (Lipinski definition) is 8. The normalized spacial score (nSPS) is 14.2. The Kier molecular flexibility index (Phi) is 8.67. The van der Waals surface area contributed by atoms with E-state index in [4.69, 9.17) is 14.6 Å². The molecule has 2 N–H and O–H groups in total. The largest absolute Gasteiger partial charge is 0.491 e. The zero-order valence-corrected chi connectivity index (χ0v) is 22.4. The van der Waals surface area contributed by atoms with E-state index in [2.05, 4.69) is 10.3 Å². The molecule has 3 aromatic rings. The number of pyridine rings is 1. The van der Waals surface area contributed by atoms with Crippen molar-refractivity contribution in [2.45, 2.75) is 24.8 Å². The van der Waals surface area contributed by atoms with Crippen LogP contribution in [-0.2, 0) is 14.8 Å². The molecule has 2 heterocycles. The summed E-state index contributed by atoms with van der Waals surface area (Å²) in [4.78, 5) is 29.8. The Bertz CT molecular complexity index is 1410. The standard InChI is InChI=1S/C27H30N4O7S/c1-19(2)38-22-6-8-23(9-7-22)39(35,36)31-14-12-30(13-15-31)21-5-10-24(25(16-21)37-18-26(32)33)29-27(34)20-4-3-11-28-17-20/h3-11,16-17,19H,12-15,18H2,1-2H3,(H,29,34)(H,32,33). The molecule has 1 saturated heterocycles. The van der Waals surface area contributed by atoms with Crippen molar-refractivity contribution in [2.24, 2.45) is 0 Å². The van der Waals surface area contributed by atoms with Gasteiger partial charge in [0.05, 0.1) is 22.3 Å². The summed E-state index contributed by atoms with van der Waals surface area (Å²) in [5.74, 6) is -0.785. The number of hydrogen-bond donors (Lipinski definition) is 2. The molecule has 0 saturated carbocycles. The molecule has 11 nitrogen and oxygen atoms in total. The second-order valence-corrected chi connectivity index (χ2v) is 11.0. The Morgan fingerprint density at radius 2 is 1.77 bits per heavy atom. The molecule has 1 aliphatic rings. The predicted octanol–water partition coefficient (Wildman–Crippen LogP) is 3.10. The molecule has 1 aliphatic heterocycles. The maximum atomic E-state index is 13.2. The summed E-state index contributed by atoms with van der Waals surface area (Å²) in [6.07, 6.45) is 2.96. The van der Waals surface area contributed by atoms with Gasteiger partial charge in [-0.2, -0.15) is 4.31 Å². The first kappa shape index (κ1) is 27.9. The van der Waals surface area contributed by atoms with Gasteiger partial charge in [0.2, 0.25) is 10.0 Å². The van der Waals surface area contributed by atoms with Crippen LogP contribution in [0.15, 0.2) is 71.9 Å². The number of sulfonamides is 1. The van der Waals surface area contributed by atoms with Gasteiger partial charge >= 0.3 is 5.97 Å². The van der Waals surface area contributed by atoms with Crippen molar-refractivity contribution in [3.63, 3.8) is 0 Å². The quantitative estimate of drug-likeness (QED) is 0.387. The lowest BCUT2D eigenvalue weighted by Gasteiger charge is -2.35. The number of aliphatic carboxylic acids is 1. The van der Waals surface area contributed by atoms with E-state index in [0.717, 1.165) is 0 Å². The summed E-state index contributed by atoms with van der Waals surface area (Å²) in [5.41, 5.74) is 1.35. The van der Waals surface area contributed by atoms with Gasteiger partial charge < -0.3 is 24.8 Å². The molecule has 1 aromatic heterocycles. The molecule has 4 rings (SSSR count). The van der Waals surface area contributed by atoms with Crippen LogP contribution in [0.25, 0.3) is 0 Å². The lowest BCUT2D eigenvalue weighted by molar-refractivity contribution is -0.139. The third kappa shape index (κ3) is 7.03. The topological polar surface area (TPSA) is 138 Å². The average molecular weight is 555 g/mol. The highest BCUT2D eigenvalue weighted by Gasteiger charge is 2.29. The highest BCUT2D eigenvalue weighted by atomic mass is 32.2. The van der Waals surface area contributed by atoms with E-state index in [1.54, 1.807) is 60.8 Å². The minimum atomic E-state index is -3.68. The fraction of sp³-hybridized carbons (Fsp3) is 0.296. The van der Waals surface area contributed by atoms with Gasteiger partial charge in [-0.1, -0.05) is 0 Å². The molecule has 0 radical (unpaired) electrons. The number of benzene rings is 2. The molecule has 0 atom stereocenters. The zero-order valence-electron chi connectivity index (χ0n) is 21.6. The molecular weight excluding hydrogens is 524 g/mol. The van der Waals surface area contributed by atoms with Gasteiger partial charge in [0, 0.05) is 50.3 Å². The smallest absolute Gasteiger partial charge is 0.341 e. The molecule has 1 fully saturated rings. The van der Waals surface area contributed by atoms with Gasteiger partial charge in [-0.25, -0.2) is 13.2 Å². The van der Waals surface area contributed by atoms with Crippen LogP contribution in [-0.4, -0.2) is 73.6 Å². The number of piperazine rings is 1. The van der Waals surface area contributed by atoms with Crippen LogP contribution in [0.2, 0.25) is 0 Å². The number of carbonyl (C=O) groups excluding carboxylic acids is 1. The summed E-state index contributed by atoms with van der Waals surface area (Å²) in [7, 11) is -3.68. The maximum Gasteiger partial charge on any atom is 0.341 e. The minimum absolute atomic E-state index is 0.0120. The molecule has 206 valence electrons. The van der Waals surface area contributed by atoms with Gasteiger partial charge in [-0.05, 0) is 62.4 Å². The van der Waals surface area contributed by atoms with E-state index < -0.39 is 28.5 Å². The van der Waals surface area contributed by atoms with Crippen LogP contribution in [0, 0.1) is 0 Å². The summed E-state index contributed by atoms with van der Waals surface area (Å²) < 4.78 is 38.9. The van der Waals surface area contributed by atoms with Crippen LogP contribution >= 0.6 is 0 Å². The first-order valence-corrected chi connectivity index (χ1v) is 13.8. The second-order valence-electron chi connectivity index (χ2n) is 9.09. The fourth-order valence-electron chi connectivity index (χ4n) is 4.06. The van der Waals surface area contributed by atoms with E-state index in [-0.39, 0.29) is 29.8 Å². The summed E-state index contributed by atoms with van der Waals surface area (Å²) in [6, 6.07) is 14.7. The van der Waals surface area contributed by atoms with Gasteiger partial charge in [0.25, 0.3) is 5.91 Å². The van der Waals surface area contributed by atoms with Crippen LogP contribution < -0.4 is 19.7 Å². The van der Waals surface area contributed by atoms with Crippen molar-refractivity contribution in [3.8, 4) is 11.5 Å². The number of anilines is 2. The Morgan fingerprint density at radius 1 is 1.05 bits per heavy atom. The van der Waals surface area contributed by atoms with E-state index in [1.807, 2.05) is 18.7 Å². The third-order valence-corrected chi connectivity index (χ3v) is 7.84. The molecule has 0 bridgehead atoms. The van der Waals surface area contributed by atoms with E-state index in [1.165, 1.54) is 10.5 Å². The molecule has 0 spiro atoms. The second kappa shape index (κ2) is 12.1. The number of carbonyl (C=O) groups is 2. The van der Waals surface area contributed by atoms with Crippen LogP contribution in [0.5, 0.6) is 11.5 Å². The van der Waals surface area contributed by atoms with Crippen LogP contribution in [0.4, 0.5) is 11.4 Å². The Labute approximate surface area is 227 Å². The minimum Gasteiger partial charge on any atom is -0.491 e. The van der Waals surface area contributed by atoms with Crippen molar-refractivity contribution < 1.29 is 32.6 Å². The van der Waals surface area contributed by atoms with Crippen LogP contribution in [0.1, 0.15) is 24.2 Å². The van der Waals surface area contributed by atoms with Gasteiger partial charge in [-0.15, -0.1) is 0 Å². The summed E-state index contributed by atoms with van der Waals surface area (Å²) in [6.45, 7) is 4.55. The SMILES string of the molecule is CC(C)Oc1ccc(S(=O)(=O)N2CCN(c3ccc(NC(=O)c4cccnc4)c(OCC(=O)O)c3)CC2)cc1. The van der Waals surface area contributed by atoms with E-state index in [0.29, 0.717) is 35.8 Å². The Hall–Kier alpha value is -4.16. The van der Waals surface area contributed by atoms with Crippen molar-refractivity contribution in [1.29, 1.82) is 0 Å². The summed E-state index contributed by atoms with van der Waals surface area (Å²) in [5, 5.41) is 11.8. The van der Waals surface area contributed by atoms with Crippen molar-refractivity contribution in [1.82, 2.24) is 9.29 Å². The predicted molar refractivity (Wildman–Crippen MR) is 145 cm³/mol. The number of carboxylic acid groups (broad SMARTS) is 1. The van der Waals surface area contributed by atoms with E-state index in [9.17, 15) is 18.0 Å². The lowest BCUT2D eigenvalue weighted by Crippen LogP contribution is -2.48. The Balaban J connectivity index is 1.46. The van der Waals surface area contributed by atoms with Gasteiger partial charge in [-0.3, -0.25) is 9.78 Å². The molecule has 1 amide bonds. The maximum absolute atomic E-state index is 13.2. The molecular formula is C27H30N4O7S. The molecule has 12 heteroatoms. The van der Waals surface area contributed by atoms with Crippen molar-refractivity contribution >= 4 is 33.3 Å². The fourth-order valence-corrected chi connectivity index (χ4v) is 5.48. The van der Waals surface area contributed by atoms with Gasteiger partial charge in [0.15, 0.2) is 6.61 Å². The number of ether oxygens (including phenoxy) is 2. The van der Waals surface area contributed by atoms with E-state index >= 15 is 0 Å². The Morgan fingerprint density at radius 3 is 2.38 bits per heavy atom. The number of rotatable bonds is 10. The number of amides is 1. The first-order valence-electron chi connectivity index (χ1n) is 12.4. The third-order valence-electron chi connectivity index (χ3n) is 5.93. The lowest BCUT2D eigenvalue weighted by atomic mass is 10.2. The number of nitrogens with one attached hydrogen (secondary N) is 1. The van der Waals surface area contributed by atoms with Crippen molar-refractivity contribution in [3.05, 3.63) is 72.6 Å². The van der Waals surface area contributed by atoms with Crippen LogP contribution in [0.3, 0.4) is 0 Å². The molecule has 0 unspecified atom stereocenters. The highest BCUT2D eigenvalue weighted by Crippen LogP contribution is 2.32. The molecule has 2 aromatic carbocycles. The number of carboxylic acids is 1. The average Bonchev–Trinajstić information content (AvgIpc) is 2.93.